The first-order chi connectivity index (χ1) is 11.6. The van der Waals surface area contributed by atoms with E-state index >= 15 is 0 Å². The fourth-order valence-electron chi connectivity index (χ4n) is 2.23. The van der Waals surface area contributed by atoms with Crippen LogP contribution in [0, 0.1) is 0 Å². The Labute approximate surface area is 145 Å². The minimum atomic E-state index is -0.236. The van der Waals surface area contributed by atoms with Gasteiger partial charge in [0.25, 0.3) is 0 Å². The summed E-state index contributed by atoms with van der Waals surface area (Å²) in [6.07, 6.45) is 3.41. The number of nitrogens with zero attached hydrogens (tertiary/aromatic N) is 1. The molecule has 1 heterocycles. The molecular weight excluding hydrogens is 322 g/mol. The van der Waals surface area contributed by atoms with Crippen molar-refractivity contribution >= 4 is 28.3 Å². The van der Waals surface area contributed by atoms with Gasteiger partial charge in [-0.05, 0) is 23.6 Å². The molecule has 1 aromatic carbocycles. The number of benzene rings is 1. The van der Waals surface area contributed by atoms with Crippen molar-refractivity contribution in [2.24, 2.45) is 0 Å². The minimum absolute atomic E-state index is 0.116. The summed E-state index contributed by atoms with van der Waals surface area (Å²) in [5.74, 6) is -0.351. The van der Waals surface area contributed by atoms with Gasteiger partial charge < -0.3 is 10.6 Å². The first kappa shape index (κ1) is 17.9. The molecule has 2 rings (SSSR count). The van der Waals surface area contributed by atoms with Gasteiger partial charge in [0.2, 0.25) is 11.8 Å². The average molecular weight is 343 g/mol. The van der Waals surface area contributed by atoms with E-state index in [1.165, 1.54) is 17.4 Å². The monoisotopic (exact) mass is 343 g/mol. The van der Waals surface area contributed by atoms with E-state index in [0.717, 1.165) is 29.7 Å². The van der Waals surface area contributed by atoms with Crippen molar-refractivity contribution in [3.05, 3.63) is 59.1 Å². The highest BCUT2D eigenvalue weighted by atomic mass is 32.1. The Kier molecular flexibility index (Phi) is 6.69. The van der Waals surface area contributed by atoms with Crippen LogP contribution in [0.1, 0.15) is 30.2 Å². The molecule has 0 bridgehead atoms. The molecule has 0 atom stereocenters. The SMILES string of the molecule is C=CC(=O)NCc1ccccc1CC(=O)Nc1nc(CCC)cs1. The number of amides is 2. The molecule has 0 spiro atoms. The molecule has 0 saturated carbocycles. The van der Waals surface area contributed by atoms with Crippen molar-refractivity contribution in [3.63, 3.8) is 0 Å². The highest BCUT2D eigenvalue weighted by Gasteiger charge is 2.10. The van der Waals surface area contributed by atoms with Crippen LogP contribution in [0.5, 0.6) is 0 Å². The third kappa shape index (κ3) is 5.31. The summed E-state index contributed by atoms with van der Waals surface area (Å²) < 4.78 is 0. The number of rotatable bonds is 8. The maximum atomic E-state index is 12.2. The van der Waals surface area contributed by atoms with Crippen LogP contribution in [0.4, 0.5) is 5.13 Å². The number of hydrogen-bond donors (Lipinski definition) is 2. The smallest absolute Gasteiger partial charge is 0.243 e. The first-order valence-electron chi connectivity index (χ1n) is 7.83. The lowest BCUT2D eigenvalue weighted by molar-refractivity contribution is -0.116. The third-order valence-corrected chi connectivity index (χ3v) is 4.22. The maximum Gasteiger partial charge on any atom is 0.243 e. The van der Waals surface area contributed by atoms with Crippen molar-refractivity contribution < 1.29 is 9.59 Å². The summed E-state index contributed by atoms with van der Waals surface area (Å²) in [7, 11) is 0. The summed E-state index contributed by atoms with van der Waals surface area (Å²) in [6.45, 7) is 5.89. The molecule has 2 aromatic rings. The largest absolute Gasteiger partial charge is 0.348 e. The van der Waals surface area contributed by atoms with Gasteiger partial charge in [-0.2, -0.15) is 0 Å². The predicted octanol–water partition coefficient (Wildman–Crippen LogP) is 3.08. The second kappa shape index (κ2) is 8.98. The van der Waals surface area contributed by atoms with Gasteiger partial charge in [0.05, 0.1) is 12.1 Å². The van der Waals surface area contributed by atoms with E-state index in [1.54, 1.807) is 0 Å². The number of anilines is 1. The number of aromatic nitrogens is 1. The summed E-state index contributed by atoms with van der Waals surface area (Å²) in [6, 6.07) is 7.55. The minimum Gasteiger partial charge on any atom is -0.348 e. The van der Waals surface area contributed by atoms with Crippen molar-refractivity contribution in [2.45, 2.75) is 32.7 Å². The maximum absolute atomic E-state index is 12.2. The molecule has 0 saturated heterocycles. The number of nitrogens with one attached hydrogen (secondary N) is 2. The van der Waals surface area contributed by atoms with E-state index in [9.17, 15) is 9.59 Å². The van der Waals surface area contributed by atoms with Gasteiger partial charge in [-0.15, -0.1) is 11.3 Å². The van der Waals surface area contributed by atoms with Crippen LogP contribution in [-0.2, 0) is 29.0 Å². The van der Waals surface area contributed by atoms with Gasteiger partial charge >= 0.3 is 0 Å². The number of aryl methyl sites for hydroxylation is 1. The fourth-order valence-corrected chi connectivity index (χ4v) is 2.99. The van der Waals surface area contributed by atoms with Crippen molar-refractivity contribution in [2.75, 3.05) is 5.32 Å². The molecule has 1 aromatic heterocycles. The highest BCUT2D eigenvalue weighted by Crippen LogP contribution is 2.17. The van der Waals surface area contributed by atoms with E-state index < -0.39 is 0 Å². The van der Waals surface area contributed by atoms with Crippen LogP contribution >= 0.6 is 11.3 Å². The second-order valence-corrected chi connectivity index (χ2v) is 6.17. The Hall–Kier alpha value is -2.47. The zero-order valence-electron chi connectivity index (χ0n) is 13.7. The molecule has 24 heavy (non-hydrogen) atoms. The number of thiazole rings is 1. The van der Waals surface area contributed by atoms with Crippen molar-refractivity contribution in [3.8, 4) is 0 Å². The third-order valence-electron chi connectivity index (χ3n) is 3.41. The Balaban J connectivity index is 1.97. The summed E-state index contributed by atoms with van der Waals surface area (Å²) >= 11 is 1.44. The van der Waals surface area contributed by atoms with Gasteiger partial charge in [-0.1, -0.05) is 44.2 Å². The topological polar surface area (TPSA) is 71.1 Å². The normalized spacial score (nSPS) is 10.2. The molecule has 0 radical (unpaired) electrons. The Morgan fingerprint density at radius 3 is 2.75 bits per heavy atom. The fraction of sp³-hybridized carbons (Fsp3) is 0.278. The van der Waals surface area contributed by atoms with Gasteiger partial charge in [0, 0.05) is 11.9 Å². The number of carbonyl (C=O) groups is 2. The molecule has 126 valence electrons. The van der Waals surface area contributed by atoms with E-state index in [1.807, 2.05) is 29.6 Å². The van der Waals surface area contributed by atoms with Crippen molar-refractivity contribution in [1.82, 2.24) is 10.3 Å². The van der Waals surface area contributed by atoms with Crippen molar-refractivity contribution in [1.29, 1.82) is 0 Å². The molecule has 0 aliphatic carbocycles. The lowest BCUT2D eigenvalue weighted by atomic mass is 10.0. The zero-order valence-corrected chi connectivity index (χ0v) is 14.5. The summed E-state index contributed by atoms with van der Waals surface area (Å²) in [4.78, 5) is 27.9. The van der Waals surface area contributed by atoms with Crippen LogP contribution in [0.25, 0.3) is 0 Å². The van der Waals surface area contributed by atoms with E-state index in [-0.39, 0.29) is 18.2 Å². The standard InChI is InChI=1S/C18H21N3O2S/c1-3-7-15-12-24-18(20-15)21-17(23)10-13-8-5-6-9-14(13)11-19-16(22)4-2/h4-6,8-9,12H,2-3,7,10-11H2,1H3,(H,19,22)(H,20,21,23). The highest BCUT2D eigenvalue weighted by molar-refractivity contribution is 7.13. The molecule has 6 heteroatoms. The quantitative estimate of drug-likeness (QED) is 0.724. The summed E-state index contributed by atoms with van der Waals surface area (Å²) in [5, 5.41) is 8.16. The Morgan fingerprint density at radius 2 is 2.04 bits per heavy atom. The zero-order chi connectivity index (χ0) is 17.4. The van der Waals surface area contributed by atoms with Crippen LogP contribution in [0.3, 0.4) is 0 Å². The van der Waals surface area contributed by atoms with E-state index in [2.05, 4.69) is 29.1 Å². The molecule has 2 amide bonds. The summed E-state index contributed by atoms with van der Waals surface area (Å²) in [5.41, 5.74) is 2.80. The van der Waals surface area contributed by atoms with Crippen LogP contribution in [0.15, 0.2) is 42.3 Å². The number of carbonyl (C=O) groups excluding carboxylic acids is 2. The Bertz CT molecular complexity index is 725. The molecule has 5 nitrogen and oxygen atoms in total. The molecule has 0 aliphatic rings. The molecule has 0 fully saturated rings. The predicted molar refractivity (Wildman–Crippen MR) is 96.9 cm³/mol. The molecular formula is C18H21N3O2S. The number of hydrogen-bond acceptors (Lipinski definition) is 4. The molecule has 0 unspecified atom stereocenters. The van der Waals surface area contributed by atoms with Crippen LogP contribution in [0.2, 0.25) is 0 Å². The van der Waals surface area contributed by atoms with Crippen LogP contribution < -0.4 is 10.6 Å². The van der Waals surface area contributed by atoms with E-state index in [4.69, 9.17) is 0 Å². The van der Waals surface area contributed by atoms with Gasteiger partial charge in [-0.3, -0.25) is 9.59 Å². The lowest BCUT2D eigenvalue weighted by Crippen LogP contribution is -2.22. The second-order valence-electron chi connectivity index (χ2n) is 5.31. The first-order valence-corrected chi connectivity index (χ1v) is 8.71. The average Bonchev–Trinajstić information content (AvgIpc) is 3.01. The Morgan fingerprint density at radius 1 is 1.29 bits per heavy atom. The molecule has 2 N–H and O–H groups in total. The molecule has 0 aliphatic heterocycles. The van der Waals surface area contributed by atoms with Crippen LogP contribution in [-0.4, -0.2) is 16.8 Å². The van der Waals surface area contributed by atoms with Gasteiger partial charge in [-0.25, -0.2) is 4.98 Å². The van der Waals surface area contributed by atoms with E-state index in [0.29, 0.717) is 11.7 Å². The van der Waals surface area contributed by atoms with Gasteiger partial charge in [0.1, 0.15) is 0 Å². The lowest BCUT2D eigenvalue weighted by Gasteiger charge is -2.09. The van der Waals surface area contributed by atoms with Gasteiger partial charge in [0.15, 0.2) is 5.13 Å².